The molecule has 100 valence electrons. The van der Waals surface area contributed by atoms with Crippen molar-refractivity contribution in [3.63, 3.8) is 0 Å². The molecule has 0 aromatic carbocycles. The van der Waals surface area contributed by atoms with Crippen LogP contribution >= 0.6 is 23.4 Å². The Morgan fingerprint density at radius 2 is 2.50 bits per heavy atom. The summed E-state index contributed by atoms with van der Waals surface area (Å²) in [7, 11) is 1.63. The number of rotatable bonds is 5. The lowest BCUT2D eigenvalue weighted by atomic mass is 10.1. The number of ketones is 1. The van der Waals surface area contributed by atoms with Gasteiger partial charge in [0.15, 0.2) is 5.78 Å². The van der Waals surface area contributed by atoms with Crippen molar-refractivity contribution in [2.24, 2.45) is 0 Å². The lowest BCUT2D eigenvalue weighted by molar-refractivity contribution is 0.0971. The Kier molecular flexibility index (Phi) is 5.09. The van der Waals surface area contributed by atoms with Gasteiger partial charge in [0.2, 0.25) is 0 Å². The van der Waals surface area contributed by atoms with Crippen LogP contribution in [-0.4, -0.2) is 40.3 Å². The molecule has 6 heteroatoms. The van der Waals surface area contributed by atoms with Crippen LogP contribution in [0, 0.1) is 0 Å². The third-order valence-corrected chi connectivity index (χ3v) is 4.66. The topological polar surface area (TPSA) is 44.1 Å². The average molecular weight is 289 g/mol. The maximum atomic E-state index is 12.5. The number of hydrogen-bond acceptors (Lipinski definition) is 4. The predicted molar refractivity (Wildman–Crippen MR) is 73.5 cm³/mol. The molecule has 1 aromatic heterocycles. The molecule has 1 fully saturated rings. The molecule has 1 aliphatic rings. The summed E-state index contributed by atoms with van der Waals surface area (Å²) in [6, 6.07) is 0. The average Bonchev–Trinajstić information content (AvgIpc) is 2.77. The highest BCUT2D eigenvalue weighted by atomic mass is 35.5. The quantitative estimate of drug-likeness (QED) is 0.782. The number of carbonyl (C=O) groups is 1. The first-order chi connectivity index (χ1) is 8.74. The fraction of sp³-hybridized carbons (Fsp3) is 0.667. The summed E-state index contributed by atoms with van der Waals surface area (Å²) in [6.45, 7) is 1.08. The van der Waals surface area contributed by atoms with Crippen LogP contribution in [0.1, 0.15) is 29.8 Å². The Hall–Kier alpha value is -0.520. The Morgan fingerprint density at radius 1 is 1.67 bits per heavy atom. The van der Waals surface area contributed by atoms with Gasteiger partial charge in [0.05, 0.1) is 29.6 Å². The highest BCUT2D eigenvalue weighted by Crippen LogP contribution is 2.29. The first kappa shape index (κ1) is 13.9. The lowest BCUT2D eigenvalue weighted by Crippen LogP contribution is -2.25. The van der Waals surface area contributed by atoms with Crippen LogP contribution in [0.4, 0.5) is 0 Å². The first-order valence-electron chi connectivity index (χ1n) is 6.10. The number of aromatic nitrogens is 2. The van der Waals surface area contributed by atoms with Crippen molar-refractivity contribution in [3.05, 3.63) is 16.9 Å². The van der Waals surface area contributed by atoms with E-state index >= 15 is 0 Å². The number of carbonyl (C=O) groups excluding carboxylic acids is 1. The molecule has 1 atom stereocenters. The van der Waals surface area contributed by atoms with Gasteiger partial charge in [-0.1, -0.05) is 18.0 Å². The van der Waals surface area contributed by atoms with Gasteiger partial charge in [-0.15, -0.1) is 0 Å². The van der Waals surface area contributed by atoms with Gasteiger partial charge in [-0.3, -0.25) is 9.48 Å². The van der Waals surface area contributed by atoms with E-state index in [-0.39, 0.29) is 11.0 Å². The second-order valence-corrected chi connectivity index (χ2v) is 5.99. The molecule has 0 amide bonds. The van der Waals surface area contributed by atoms with Crippen LogP contribution in [-0.2, 0) is 11.3 Å². The van der Waals surface area contributed by atoms with Crippen LogP contribution in [0.15, 0.2) is 6.20 Å². The van der Waals surface area contributed by atoms with Crippen molar-refractivity contribution in [1.29, 1.82) is 0 Å². The van der Waals surface area contributed by atoms with Crippen molar-refractivity contribution >= 4 is 29.1 Å². The Bertz CT molecular complexity index is 416. The van der Waals surface area contributed by atoms with E-state index in [1.54, 1.807) is 23.6 Å². The number of nitrogens with zero attached hydrogens (tertiary/aromatic N) is 2. The van der Waals surface area contributed by atoms with Crippen LogP contribution in [0.5, 0.6) is 0 Å². The third-order valence-electron chi connectivity index (χ3n) is 3.01. The molecule has 1 saturated heterocycles. The number of Topliss-reactive ketones (excluding diaryl/α,β-unsaturated/α-hetero) is 1. The number of hydrogen-bond donors (Lipinski definition) is 0. The molecule has 0 aliphatic carbocycles. The maximum Gasteiger partial charge on any atom is 0.195 e. The van der Waals surface area contributed by atoms with E-state index in [2.05, 4.69) is 5.10 Å². The zero-order chi connectivity index (χ0) is 13.0. The van der Waals surface area contributed by atoms with E-state index in [9.17, 15) is 4.79 Å². The van der Waals surface area contributed by atoms with E-state index < -0.39 is 0 Å². The minimum atomic E-state index is 0.0363. The molecule has 18 heavy (non-hydrogen) atoms. The van der Waals surface area contributed by atoms with Crippen LogP contribution < -0.4 is 0 Å². The molecule has 1 unspecified atom stereocenters. The number of methoxy groups -OCH3 is 1. The van der Waals surface area contributed by atoms with Crippen LogP contribution in [0.2, 0.25) is 5.02 Å². The summed E-state index contributed by atoms with van der Waals surface area (Å²) >= 11 is 7.81. The molecule has 2 heterocycles. The normalized spacial score (nSPS) is 20.0. The van der Waals surface area contributed by atoms with Crippen molar-refractivity contribution in [2.75, 3.05) is 19.5 Å². The number of thioether (sulfide) groups is 1. The molecular formula is C12H17ClN2O2S. The van der Waals surface area contributed by atoms with E-state index in [1.165, 1.54) is 12.6 Å². The van der Waals surface area contributed by atoms with Gasteiger partial charge in [0.1, 0.15) is 5.69 Å². The molecule has 1 aliphatic heterocycles. The predicted octanol–water partition coefficient (Wildman–Crippen LogP) is 2.65. The van der Waals surface area contributed by atoms with Gasteiger partial charge in [-0.05, 0) is 18.6 Å². The van der Waals surface area contributed by atoms with Gasteiger partial charge in [0.25, 0.3) is 0 Å². The van der Waals surface area contributed by atoms with Crippen molar-refractivity contribution < 1.29 is 9.53 Å². The monoisotopic (exact) mass is 288 g/mol. The van der Waals surface area contributed by atoms with Crippen LogP contribution in [0.25, 0.3) is 0 Å². The Labute approximate surface area is 116 Å². The zero-order valence-corrected chi connectivity index (χ0v) is 12.0. The molecule has 0 saturated carbocycles. The molecule has 1 aromatic rings. The molecule has 0 bridgehead atoms. The molecule has 2 rings (SSSR count). The highest BCUT2D eigenvalue weighted by molar-refractivity contribution is 8.00. The summed E-state index contributed by atoms with van der Waals surface area (Å²) in [5, 5.41) is 4.63. The molecule has 0 radical (unpaired) electrons. The second-order valence-electron chi connectivity index (χ2n) is 4.28. The van der Waals surface area contributed by atoms with Crippen molar-refractivity contribution in [1.82, 2.24) is 9.78 Å². The standard InChI is InChI=1S/C12H17ClN2O2S/c1-17-6-5-15-11(9(13)8-14-15)12(16)10-4-2-3-7-18-10/h8,10H,2-7H2,1H3. The van der Waals surface area contributed by atoms with E-state index in [1.807, 2.05) is 0 Å². The molecular weight excluding hydrogens is 272 g/mol. The van der Waals surface area contributed by atoms with Gasteiger partial charge in [-0.2, -0.15) is 16.9 Å². The fourth-order valence-corrected chi connectivity index (χ4v) is 3.54. The van der Waals surface area contributed by atoms with Crippen molar-refractivity contribution in [3.8, 4) is 0 Å². The van der Waals surface area contributed by atoms with Gasteiger partial charge < -0.3 is 4.74 Å². The minimum Gasteiger partial charge on any atom is -0.383 e. The number of halogens is 1. The summed E-state index contributed by atoms with van der Waals surface area (Å²) in [5.74, 6) is 1.17. The Balaban J connectivity index is 2.14. The Morgan fingerprint density at radius 3 is 3.17 bits per heavy atom. The maximum absolute atomic E-state index is 12.5. The number of ether oxygens (including phenoxy) is 1. The lowest BCUT2D eigenvalue weighted by Gasteiger charge is -2.20. The SMILES string of the molecule is COCCn1ncc(Cl)c1C(=O)C1CCCCS1. The van der Waals surface area contributed by atoms with E-state index in [0.29, 0.717) is 23.9 Å². The summed E-state index contributed by atoms with van der Waals surface area (Å²) in [6.07, 6.45) is 4.80. The summed E-state index contributed by atoms with van der Waals surface area (Å²) in [4.78, 5) is 12.5. The van der Waals surface area contributed by atoms with Gasteiger partial charge >= 0.3 is 0 Å². The van der Waals surface area contributed by atoms with E-state index in [4.69, 9.17) is 16.3 Å². The highest BCUT2D eigenvalue weighted by Gasteiger charge is 2.27. The van der Waals surface area contributed by atoms with Crippen molar-refractivity contribution in [2.45, 2.75) is 31.1 Å². The third kappa shape index (κ3) is 3.08. The first-order valence-corrected chi connectivity index (χ1v) is 7.52. The van der Waals surface area contributed by atoms with Gasteiger partial charge in [-0.25, -0.2) is 0 Å². The fourth-order valence-electron chi connectivity index (χ4n) is 2.05. The smallest absolute Gasteiger partial charge is 0.195 e. The molecule has 0 N–H and O–H groups in total. The molecule has 4 nitrogen and oxygen atoms in total. The largest absolute Gasteiger partial charge is 0.383 e. The van der Waals surface area contributed by atoms with E-state index in [0.717, 1.165) is 18.6 Å². The second kappa shape index (κ2) is 6.59. The minimum absolute atomic E-state index is 0.0363. The van der Waals surface area contributed by atoms with Crippen LogP contribution in [0.3, 0.4) is 0 Å². The molecule has 0 spiro atoms. The summed E-state index contributed by atoms with van der Waals surface area (Å²) in [5.41, 5.74) is 0.535. The summed E-state index contributed by atoms with van der Waals surface area (Å²) < 4.78 is 6.67. The zero-order valence-electron chi connectivity index (χ0n) is 10.4. The van der Waals surface area contributed by atoms with Gasteiger partial charge in [0, 0.05) is 7.11 Å².